The van der Waals surface area contributed by atoms with E-state index in [1.807, 2.05) is 6.92 Å². The first kappa shape index (κ1) is 15.6. The van der Waals surface area contributed by atoms with Crippen LogP contribution in [0.3, 0.4) is 0 Å². The van der Waals surface area contributed by atoms with E-state index in [2.05, 4.69) is 10.3 Å². The molecule has 0 spiro atoms. The topological polar surface area (TPSA) is 48.4 Å². The number of aliphatic hydroxyl groups excluding tert-OH is 1. The molecule has 0 saturated heterocycles. The molecule has 4 nitrogen and oxygen atoms in total. The van der Waals surface area contributed by atoms with Crippen LogP contribution in [0, 0.1) is 11.6 Å². The van der Waals surface area contributed by atoms with E-state index in [0.717, 1.165) is 12.5 Å². The van der Waals surface area contributed by atoms with Gasteiger partial charge in [0.25, 0.3) is 0 Å². The Balaban J connectivity index is 3.13. The van der Waals surface area contributed by atoms with E-state index < -0.39 is 17.2 Å². The molecular weight excluding hydrogens is 252 g/mol. The van der Waals surface area contributed by atoms with E-state index in [0.29, 0.717) is 6.54 Å². The monoisotopic (exact) mass is 273 g/mol. The molecule has 0 radical (unpaired) electrons. The van der Waals surface area contributed by atoms with Gasteiger partial charge < -0.3 is 15.3 Å². The van der Waals surface area contributed by atoms with Crippen LogP contribution >= 0.6 is 0 Å². The van der Waals surface area contributed by atoms with E-state index >= 15 is 0 Å². The second kappa shape index (κ2) is 6.14. The SMILES string of the molecule is CCCNc1nc(N(C)C(C)(C)CO)c(F)cc1F. The number of hydrogen-bond acceptors (Lipinski definition) is 4. The molecule has 0 aliphatic carbocycles. The van der Waals surface area contributed by atoms with Crippen LogP contribution in [0.15, 0.2) is 6.07 Å². The number of anilines is 2. The zero-order valence-electron chi connectivity index (χ0n) is 11.8. The molecule has 19 heavy (non-hydrogen) atoms. The average Bonchev–Trinajstić information content (AvgIpc) is 2.37. The number of nitrogens with one attached hydrogen (secondary N) is 1. The zero-order chi connectivity index (χ0) is 14.6. The maximum absolute atomic E-state index is 13.8. The molecule has 0 unspecified atom stereocenters. The smallest absolute Gasteiger partial charge is 0.168 e. The van der Waals surface area contributed by atoms with Gasteiger partial charge in [-0.05, 0) is 20.3 Å². The summed E-state index contributed by atoms with van der Waals surface area (Å²) in [6.07, 6.45) is 0.811. The third kappa shape index (κ3) is 3.53. The predicted octanol–water partition coefficient (Wildman–Crippen LogP) is 2.39. The van der Waals surface area contributed by atoms with Gasteiger partial charge in [0.05, 0.1) is 12.1 Å². The van der Waals surface area contributed by atoms with Crippen molar-refractivity contribution in [2.45, 2.75) is 32.7 Å². The molecule has 1 rings (SSSR count). The van der Waals surface area contributed by atoms with Crippen molar-refractivity contribution >= 4 is 11.6 Å². The molecule has 0 bridgehead atoms. The molecule has 108 valence electrons. The summed E-state index contributed by atoms with van der Waals surface area (Å²) in [4.78, 5) is 5.48. The highest BCUT2D eigenvalue weighted by Crippen LogP contribution is 2.26. The highest BCUT2D eigenvalue weighted by atomic mass is 19.1. The summed E-state index contributed by atoms with van der Waals surface area (Å²) in [5.74, 6) is -1.42. The van der Waals surface area contributed by atoms with Crippen LogP contribution in [0.1, 0.15) is 27.2 Å². The summed E-state index contributed by atoms with van der Waals surface area (Å²) < 4.78 is 27.4. The lowest BCUT2D eigenvalue weighted by Gasteiger charge is -2.35. The van der Waals surface area contributed by atoms with Gasteiger partial charge in [-0.25, -0.2) is 13.8 Å². The zero-order valence-corrected chi connectivity index (χ0v) is 11.8. The fourth-order valence-electron chi connectivity index (χ4n) is 1.45. The Morgan fingerprint density at radius 3 is 2.53 bits per heavy atom. The summed E-state index contributed by atoms with van der Waals surface area (Å²) in [5.41, 5.74) is -0.687. The summed E-state index contributed by atoms with van der Waals surface area (Å²) in [6.45, 7) is 5.82. The van der Waals surface area contributed by atoms with Gasteiger partial charge in [-0.3, -0.25) is 0 Å². The maximum Gasteiger partial charge on any atom is 0.168 e. The molecule has 1 heterocycles. The maximum atomic E-state index is 13.8. The minimum atomic E-state index is -0.747. The van der Waals surface area contributed by atoms with Gasteiger partial charge >= 0.3 is 0 Å². The molecule has 0 fully saturated rings. The highest BCUT2D eigenvalue weighted by Gasteiger charge is 2.27. The Morgan fingerprint density at radius 1 is 1.37 bits per heavy atom. The number of aliphatic hydroxyl groups is 1. The third-order valence-electron chi connectivity index (χ3n) is 3.07. The molecule has 6 heteroatoms. The van der Waals surface area contributed by atoms with Crippen LogP contribution in [0.5, 0.6) is 0 Å². The second-order valence-corrected chi connectivity index (χ2v) is 5.08. The Bertz CT molecular complexity index is 438. The van der Waals surface area contributed by atoms with Crippen LogP contribution in [-0.2, 0) is 0 Å². The number of halogens is 2. The van der Waals surface area contributed by atoms with E-state index in [1.54, 1.807) is 20.9 Å². The lowest BCUT2D eigenvalue weighted by molar-refractivity contribution is 0.215. The number of likely N-dealkylation sites (N-methyl/N-ethyl adjacent to an activating group) is 1. The largest absolute Gasteiger partial charge is 0.394 e. The molecule has 0 amide bonds. The fraction of sp³-hybridized carbons (Fsp3) is 0.615. The van der Waals surface area contributed by atoms with Crippen molar-refractivity contribution in [3.05, 3.63) is 17.7 Å². The highest BCUT2D eigenvalue weighted by molar-refractivity contribution is 5.50. The predicted molar refractivity (Wildman–Crippen MR) is 72.5 cm³/mol. The van der Waals surface area contributed by atoms with Crippen LogP contribution in [0.4, 0.5) is 20.4 Å². The Kier molecular flexibility index (Phi) is 5.05. The van der Waals surface area contributed by atoms with Gasteiger partial charge in [-0.1, -0.05) is 6.92 Å². The minimum Gasteiger partial charge on any atom is -0.394 e. The Labute approximate surface area is 112 Å². The van der Waals surface area contributed by atoms with E-state index in [1.165, 1.54) is 4.90 Å². The first-order chi connectivity index (χ1) is 8.83. The van der Waals surface area contributed by atoms with Gasteiger partial charge in [0.2, 0.25) is 0 Å². The fourth-order valence-corrected chi connectivity index (χ4v) is 1.45. The Hall–Kier alpha value is -1.43. The molecule has 0 saturated carbocycles. The normalized spacial score (nSPS) is 11.5. The van der Waals surface area contributed by atoms with Gasteiger partial charge in [0.15, 0.2) is 23.3 Å². The van der Waals surface area contributed by atoms with Crippen molar-refractivity contribution in [1.82, 2.24) is 4.98 Å². The van der Waals surface area contributed by atoms with E-state index in [-0.39, 0.29) is 18.2 Å². The lowest BCUT2D eigenvalue weighted by Crippen LogP contribution is -2.45. The van der Waals surface area contributed by atoms with Crippen molar-refractivity contribution < 1.29 is 13.9 Å². The van der Waals surface area contributed by atoms with Crippen molar-refractivity contribution in [3.63, 3.8) is 0 Å². The number of nitrogens with zero attached hydrogens (tertiary/aromatic N) is 2. The van der Waals surface area contributed by atoms with E-state index in [4.69, 9.17) is 0 Å². The molecule has 0 aromatic carbocycles. The van der Waals surface area contributed by atoms with Crippen LogP contribution in [0.2, 0.25) is 0 Å². The van der Waals surface area contributed by atoms with Crippen molar-refractivity contribution in [1.29, 1.82) is 0 Å². The Morgan fingerprint density at radius 2 is 2.00 bits per heavy atom. The number of rotatable bonds is 6. The van der Waals surface area contributed by atoms with Crippen LogP contribution in [0.25, 0.3) is 0 Å². The number of hydrogen-bond donors (Lipinski definition) is 2. The molecule has 0 aliphatic rings. The molecule has 1 aromatic heterocycles. The van der Waals surface area contributed by atoms with E-state index in [9.17, 15) is 13.9 Å². The van der Waals surface area contributed by atoms with Crippen LogP contribution < -0.4 is 10.2 Å². The van der Waals surface area contributed by atoms with Gasteiger partial charge in [-0.15, -0.1) is 0 Å². The van der Waals surface area contributed by atoms with Gasteiger partial charge in [-0.2, -0.15) is 0 Å². The number of aromatic nitrogens is 1. The lowest BCUT2D eigenvalue weighted by atomic mass is 10.1. The van der Waals surface area contributed by atoms with Crippen molar-refractivity contribution in [2.24, 2.45) is 0 Å². The summed E-state index contributed by atoms with van der Waals surface area (Å²) in [6, 6.07) is 0.810. The molecular formula is C13H21F2N3O. The quantitative estimate of drug-likeness (QED) is 0.835. The molecule has 0 atom stereocenters. The van der Waals surface area contributed by atoms with Gasteiger partial charge in [0.1, 0.15) is 0 Å². The third-order valence-corrected chi connectivity index (χ3v) is 3.07. The van der Waals surface area contributed by atoms with Crippen LogP contribution in [-0.4, -0.2) is 35.8 Å². The summed E-state index contributed by atoms with van der Waals surface area (Å²) in [5, 5.41) is 12.1. The summed E-state index contributed by atoms with van der Waals surface area (Å²) in [7, 11) is 1.61. The first-order valence-corrected chi connectivity index (χ1v) is 6.28. The molecule has 2 N–H and O–H groups in total. The molecule has 0 aliphatic heterocycles. The van der Waals surface area contributed by atoms with Crippen molar-refractivity contribution in [3.8, 4) is 0 Å². The van der Waals surface area contributed by atoms with Gasteiger partial charge in [0, 0.05) is 19.7 Å². The number of pyridine rings is 1. The molecule has 1 aromatic rings. The van der Waals surface area contributed by atoms with Crippen molar-refractivity contribution in [2.75, 3.05) is 30.4 Å². The average molecular weight is 273 g/mol. The standard InChI is InChI=1S/C13H21F2N3O/c1-5-6-16-11-9(14)7-10(15)12(17-11)18(4)13(2,3)8-19/h7,19H,5-6,8H2,1-4H3,(H,16,17). The first-order valence-electron chi connectivity index (χ1n) is 6.28. The second-order valence-electron chi connectivity index (χ2n) is 5.08. The summed E-state index contributed by atoms with van der Waals surface area (Å²) >= 11 is 0. The minimum absolute atomic E-state index is 0.0130.